The zero-order chi connectivity index (χ0) is 19.9. The van der Waals surface area contributed by atoms with E-state index >= 15 is 0 Å². The van der Waals surface area contributed by atoms with Gasteiger partial charge in [-0.1, -0.05) is 60.2 Å². The zero-order valence-electron chi connectivity index (χ0n) is 16.3. The van der Waals surface area contributed by atoms with Crippen molar-refractivity contribution >= 4 is 17.5 Å². The lowest BCUT2D eigenvalue weighted by atomic mass is 10.0. The van der Waals surface area contributed by atoms with Crippen LogP contribution < -0.4 is 9.47 Å². The molecule has 0 radical (unpaired) electrons. The van der Waals surface area contributed by atoms with Gasteiger partial charge in [0.05, 0.1) is 19.1 Å². The third-order valence-corrected chi connectivity index (χ3v) is 5.85. The van der Waals surface area contributed by atoms with Crippen LogP contribution in [-0.4, -0.2) is 20.0 Å². The van der Waals surface area contributed by atoms with Gasteiger partial charge in [0.2, 0.25) is 0 Å². The number of hydrogen-bond donors (Lipinski definition) is 0. The van der Waals surface area contributed by atoms with Crippen molar-refractivity contribution in [2.24, 2.45) is 0 Å². The lowest BCUT2D eigenvalue weighted by Gasteiger charge is -2.19. The van der Waals surface area contributed by atoms with Crippen molar-refractivity contribution in [2.75, 3.05) is 14.2 Å². The molecule has 3 nitrogen and oxygen atoms in total. The molecule has 0 unspecified atom stereocenters. The first-order valence-electron chi connectivity index (χ1n) is 9.14. The maximum Gasteiger partial charge on any atom is 0.164 e. The molecule has 3 aromatic carbocycles. The summed E-state index contributed by atoms with van der Waals surface area (Å²) in [7, 11) is 3.30. The summed E-state index contributed by atoms with van der Waals surface area (Å²) in [6.07, 6.45) is 0.401. The highest BCUT2D eigenvalue weighted by Crippen LogP contribution is 2.43. The summed E-state index contributed by atoms with van der Waals surface area (Å²) in [6.45, 7) is 2.02. The first kappa shape index (κ1) is 20.0. The molecule has 0 bridgehead atoms. The average Bonchev–Trinajstić information content (AvgIpc) is 2.74. The largest absolute Gasteiger partial charge is 0.497 e. The number of ketones is 1. The molecule has 144 valence electrons. The third kappa shape index (κ3) is 4.96. The van der Waals surface area contributed by atoms with Gasteiger partial charge in [0.1, 0.15) is 11.5 Å². The lowest BCUT2D eigenvalue weighted by molar-refractivity contribution is 0.0982. The molecule has 28 heavy (non-hydrogen) atoms. The van der Waals surface area contributed by atoms with Crippen LogP contribution in [0.2, 0.25) is 0 Å². The minimum Gasteiger partial charge on any atom is -0.497 e. The molecule has 0 aliphatic rings. The fourth-order valence-electron chi connectivity index (χ4n) is 2.95. The van der Waals surface area contributed by atoms with Gasteiger partial charge in [0.25, 0.3) is 0 Å². The maximum atomic E-state index is 12.9. The van der Waals surface area contributed by atoms with Crippen LogP contribution in [0.3, 0.4) is 0 Å². The molecular formula is C24H24O3S. The summed E-state index contributed by atoms with van der Waals surface area (Å²) in [5.74, 6) is 1.66. The van der Waals surface area contributed by atoms with Crippen molar-refractivity contribution in [1.29, 1.82) is 0 Å². The summed E-state index contributed by atoms with van der Waals surface area (Å²) in [6, 6.07) is 23.6. The van der Waals surface area contributed by atoms with Gasteiger partial charge in [-0.25, -0.2) is 0 Å². The number of carbonyl (C=O) groups is 1. The zero-order valence-corrected chi connectivity index (χ0v) is 17.2. The Bertz CT molecular complexity index is 920. The minimum atomic E-state index is -0.0315. The fraction of sp³-hybridized carbons (Fsp3) is 0.208. The van der Waals surface area contributed by atoms with Crippen molar-refractivity contribution in [1.82, 2.24) is 0 Å². The quantitative estimate of drug-likeness (QED) is 0.342. The normalized spacial score (nSPS) is 11.7. The monoisotopic (exact) mass is 392 g/mol. The first-order chi connectivity index (χ1) is 13.6. The number of ether oxygens (including phenoxy) is 2. The SMILES string of the molecule is COc1ccc(OC)c(S[C@H](CC(=O)c2ccc(C)cc2)c2ccccc2)c1. The average molecular weight is 393 g/mol. The molecular weight excluding hydrogens is 368 g/mol. The Morgan fingerprint density at radius 1 is 0.929 bits per heavy atom. The van der Waals surface area contributed by atoms with Gasteiger partial charge in [0.15, 0.2) is 5.78 Å². The Balaban J connectivity index is 1.90. The highest BCUT2D eigenvalue weighted by Gasteiger charge is 2.20. The second kappa shape index (κ2) is 9.47. The summed E-state index contributed by atoms with van der Waals surface area (Å²) < 4.78 is 10.9. The summed E-state index contributed by atoms with van der Waals surface area (Å²) in [5.41, 5.74) is 2.99. The van der Waals surface area contributed by atoms with Crippen molar-refractivity contribution in [3.63, 3.8) is 0 Å². The summed E-state index contributed by atoms with van der Waals surface area (Å²) >= 11 is 1.62. The van der Waals surface area contributed by atoms with Gasteiger partial charge in [0, 0.05) is 17.2 Å². The smallest absolute Gasteiger partial charge is 0.164 e. The highest BCUT2D eigenvalue weighted by atomic mass is 32.2. The molecule has 0 saturated carbocycles. The van der Waals surface area contributed by atoms with E-state index in [4.69, 9.17) is 9.47 Å². The number of hydrogen-bond acceptors (Lipinski definition) is 4. The maximum absolute atomic E-state index is 12.9. The van der Waals surface area contributed by atoms with Gasteiger partial charge >= 0.3 is 0 Å². The standard InChI is InChI=1S/C24H24O3S/c1-17-9-11-18(12-10-17)21(25)16-23(19-7-5-4-6-8-19)28-24-15-20(26-2)13-14-22(24)27-3/h4-15,23H,16H2,1-3H3/t23-/m1/s1. The van der Waals surface area contributed by atoms with E-state index in [1.54, 1.807) is 26.0 Å². The van der Waals surface area contributed by atoms with E-state index in [1.807, 2.05) is 67.6 Å². The number of rotatable bonds is 8. The lowest BCUT2D eigenvalue weighted by Crippen LogP contribution is -2.06. The number of thioether (sulfide) groups is 1. The van der Waals surface area contributed by atoms with E-state index in [2.05, 4.69) is 12.1 Å². The number of methoxy groups -OCH3 is 2. The van der Waals surface area contributed by atoms with Gasteiger partial charge in [-0.15, -0.1) is 11.8 Å². The van der Waals surface area contributed by atoms with Gasteiger partial charge in [-0.3, -0.25) is 4.79 Å². The minimum absolute atomic E-state index is 0.0315. The van der Waals surface area contributed by atoms with Crippen LogP contribution in [-0.2, 0) is 0 Å². The van der Waals surface area contributed by atoms with Crippen LogP contribution in [0.1, 0.15) is 33.2 Å². The molecule has 0 spiro atoms. The van der Waals surface area contributed by atoms with Crippen molar-refractivity contribution in [2.45, 2.75) is 23.5 Å². The third-order valence-electron chi connectivity index (χ3n) is 4.56. The Morgan fingerprint density at radius 3 is 2.29 bits per heavy atom. The van der Waals surface area contributed by atoms with Crippen LogP contribution in [0, 0.1) is 6.92 Å². The molecule has 0 N–H and O–H groups in total. The topological polar surface area (TPSA) is 35.5 Å². The molecule has 0 fully saturated rings. The summed E-state index contributed by atoms with van der Waals surface area (Å²) in [5, 5.41) is -0.0315. The highest BCUT2D eigenvalue weighted by molar-refractivity contribution is 7.99. The number of carbonyl (C=O) groups excluding carboxylic acids is 1. The first-order valence-corrected chi connectivity index (χ1v) is 10.0. The Kier molecular flexibility index (Phi) is 6.77. The van der Waals surface area contributed by atoms with E-state index < -0.39 is 0 Å². The van der Waals surface area contributed by atoms with Crippen molar-refractivity contribution in [3.05, 3.63) is 89.5 Å². The Labute approximate surface area is 170 Å². The van der Waals surface area contributed by atoms with Gasteiger partial charge in [-0.2, -0.15) is 0 Å². The van der Waals surface area contributed by atoms with Crippen LogP contribution in [0.15, 0.2) is 77.7 Å². The van der Waals surface area contributed by atoms with Crippen LogP contribution in [0.4, 0.5) is 0 Å². The van der Waals surface area contributed by atoms with Gasteiger partial charge < -0.3 is 9.47 Å². The molecule has 0 heterocycles. The van der Waals surface area contributed by atoms with Crippen LogP contribution >= 0.6 is 11.8 Å². The molecule has 0 aromatic heterocycles. The van der Waals surface area contributed by atoms with Crippen molar-refractivity contribution in [3.8, 4) is 11.5 Å². The molecule has 0 aliphatic heterocycles. The van der Waals surface area contributed by atoms with Gasteiger partial charge in [-0.05, 0) is 30.7 Å². The number of benzene rings is 3. The van der Waals surface area contributed by atoms with E-state index in [-0.39, 0.29) is 11.0 Å². The fourth-order valence-corrected chi connectivity index (χ4v) is 4.24. The molecule has 0 aliphatic carbocycles. The van der Waals surface area contributed by atoms with E-state index in [0.29, 0.717) is 6.42 Å². The number of Topliss-reactive ketones (excluding diaryl/α,β-unsaturated/α-hetero) is 1. The van der Waals surface area contributed by atoms with E-state index in [1.165, 1.54) is 0 Å². The van der Waals surface area contributed by atoms with E-state index in [0.717, 1.165) is 33.1 Å². The van der Waals surface area contributed by atoms with Crippen LogP contribution in [0.25, 0.3) is 0 Å². The van der Waals surface area contributed by atoms with E-state index in [9.17, 15) is 4.79 Å². The Morgan fingerprint density at radius 2 is 1.64 bits per heavy atom. The molecule has 4 heteroatoms. The molecule has 3 aromatic rings. The van der Waals surface area contributed by atoms with Crippen molar-refractivity contribution < 1.29 is 14.3 Å². The molecule has 1 atom stereocenters. The second-order valence-corrected chi connectivity index (χ2v) is 7.77. The molecule has 3 rings (SSSR count). The molecule has 0 amide bonds. The predicted molar refractivity (Wildman–Crippen MR) is 115 cm³/mol. The molecule has 0 saturated heterocycles. The van der Waals surface area contributed by atoms with Crippen LogP contribution in [0.5, 0.6) is 11.5 Å². The summed E-state index contributed by atoms with van der Waals surface area (Å²) in [4.78, 5) is 13.9. The Hall–Kier alpha value is -2.72. The predicted octanol–water partition coefficient (Wildman–Crippen LogP) is 6.12. The number of aryl methyl sites for hydroxylation is 1. The second-order valence-electron chi connectivity index (χ2n) is 6.53.